The summed E-state index contributed by atoms with van der Waals surface area (Å²) >= 11 is 0. The van der Waals surface area contributed by atoms with Gasteiger partial charge >= 0.3 is 0 Å². The lowest BCUT2D eigenvalue weighted by atomic mass is 10.3. The van der Waals surface area contributed by atoms with Crippen molar-refractivity contribution in [2.45, 2.75) is 13.8 Å². The van der Waals surface area contributed by atoms with Crippen LogP contribution in [0.15, 0.2) is 60.7 Å². The highest BCUT2D eigenvalue weighted by Crippen LogP contribution is 2.24. The van der Waals surface area contributed by atoms with Gasteiger partial charge in [0.25, 0.3) is 11.7 Å². The molecule has 0 saturated heterocycles. The van der Waals surface area contributed by atoms with Crippen molar-refractivity contribution in [2.75, 3.05) is 5.32 Å². The van der Waals surface area contributed by atoms with Crippen LogP contribution in [0, 0.1) is 13.8 Å². The molecule has 0 spiro atoms. The summed E-state index contributed by atoms with van der Waals surface area (Å²) in [6.07, 6.45) is 0. The fourth-order valence-corrected chi connectivity index (χ4v) is 2.71. The predicted molar refractivity (Wildman–Crippen MR) is 101 cm³/mol. The van der Waals surface area contributed by atoms with Crippen molar-refractivity contribution >= 4 is 17.4 Å². The molecule has 0 aliphatic heterocycles. The predicted octanol–water partition coefficient (Wildman–Crippen LogP) is 3.79. The van der Waals surface area contributed by atoms with Crippen molar-refractivity contribution in [3.8, 4) is 11.5 Å². The minimum Gasteiger partial charge on any atom is -0.457 e. The van der Waals surface area contributed by atoms with Crippen molar-refractivity contribution in [1.29, 1.82) is 0 Å². The number of para-hydroxylation sites is 1. The number of nitrogens with zero attached hydrogens (tertiary/aromatic N) is 4. The van der Waals surface area contributed by atoms with Gasteiger partial charge in [0.1, 0.15) is 11.5 Å². The number of amides is 1. The third-order valence-electron chi connectivity index (χ3n) is 3.89. The Kier molecular flexibility index (Phi) is 4.25. The van der Waals surface area contributed by atoms with E-state index in [2.05, 4.69) is 20.4 Å². The quantitative estimate of drug-likeness (QED) is 0.600. The summed E-state index contributed by atoms with van der Waals surface area (Å²) in [7, 11) is 0. The number of anilines is 1. The molecule has 0 aliphatic rings. The van der Waals surface area contributed by atoms with Gasteiger partial charge in [0.2, 0.25) is 5.82 Å². The Balaban J connectivity index is 1.54. The molecule has 2 aromatic carbocycles. The van der Waals surface area contributed by atoms with E-state index in [-0.39, 0.29) is 5.82 Å². The molecular weight excluding hydrogens is 342 g/mol. The van der Waals surface area contributed by atoms with Gasteiger partial charge in [-0.05, 0) is 44.2 Å². The first-order valence-electron chi connectivity index (χ1n) is 8.44. The third-order valence-corrected chi connectivity index (χ3v) is 3.89. The minimum absolute atomic E-state index is 0.0607. The summed E-state index contributed by atoms with van der Waals surface area (Å²) in [5.41, 5.74) is 2.28. The van der Waals surface area contributed by atoms with Gasteiger partial charge in [0.15, 0.2) is 0 Å². The lowest BCUT2D eigenvalue weighted by Gasteiger charge is -2.08. The van der Waals surface area contributed by atoms with Crippen LogP contribution in [-0.2, 0) is 0 Å². The monoisotopic (exact) mass is 359 g/mol. The molecule has 0 radical (unpaired) electrons. The smallest absolute Gasteiger partial charge is 0.295 e. The zero-order valence-corrected chi connectivity index (χ0v) is 14.9. The van der Waals surface area contributed by atoms with E-state index in [4.69, 9.17) is 4.74 Å². The number of hydrogen-bond donors (Lipinski definition) is 1. The highest BCUT2D eigenvalue weighted by Gasteiger charge is 2.15. The van der Waals surface area contributed by atoms with E-state index in [0.717, 1.165) is 17.1 Å². The molecule has 1 N–H and O–H groups in total. The Bertz CT molecular complexity index is 1120. The molecule has 7 nitrogen and oxygen atoms in total. The molecule has 0 bridgehead atoms. The van der Waals surface area contributed by atoms with Crippen LogP contribution >= 0.6 is 0 Å². The summed E-state index contributed by atoms with van der Waals surface area (Å²) in [6.45, 7) is 3.77. The number of nitrogens with one attached hydrogen (secondary N) is 1. The number of hydrogen-bond acceptors (Lipinski definition) is 5. The SMILES string of the molecule is Cc1cc(C)n2nc(C(=O)Nc3cccc(Oc4ccccc4)c3)nc2n1. The number of ether oxygens (including phenoxy) is 1. The van der Waals surface area contributed by atoms with Gasteiger partial charge < -0.3 is 10.1 Å². The van der Waals surface area contributed by atoms with Crippen LogP contribution in [0.2, 0.25) is 0 Å². The van der Waals surface area contributed by atoms with Crippen LogP contribution in [0.1, 0.15) is 22.0 Å². The summed E-state index contributed by atoms with van der Waals surface area (Å²) in [6, 6.07) is 18.5. The van der Waals surface area contributed by atoms with Gasteiger partial charge in [-0.25, -0.2) is 9.50 Å². The highest BCUT2D eigenvalue weighted by atomic mass is 16.5. The van der Waals surface area contributed by atoms with Gasteiger partial charge in [-0.15, -0.1) is 5.10 Å². The van der Waals surface area contributed by atoms with Crippen LogP contribution in [0.25, 0.3) is 5.78 Å². The van der Waals surface area contributed by atoms with Crippen molar-refractivity contribution < 1.29 is 9.53 Å². The molecule has 134 valence electrons. The number of fused-ring (bicyclic) bond motifs is 1. The second kappa shape index (κ2) is 6.87. The zero-order chi connectivity index (χ0) is 18.8. The fourth-order valence-electron chi connectivity index (χ4n) is 2.71. The maximum absolute atomic E-state index is 12.5. The first kappa shape index (κ1) is 16.7. The van der Waals surface area contributed by atoms with E-state index in [1.54, 1.807) is 22.7 Å². The van der Waals surface area contributed by atoms with Gasteiger partial charge in [0.05, 0.1) is 0 Å². The summed E-state index contributed by atoms with van der Waals surface area (Å²) in [5.74, 6) is 1.40. The van der Waals surface area contributed by atoms with E-state index < -0.39 is 5.91 Å². The topological polar surface area (TPSA) is 81.4 Å². The molecule has 0 fully saturated rings. The first-order valence-corrected chi connectivity index (χ1v) is 8.44. The Hall–Kier alpha value is -3.74. The summed E-state index contributed by atoms with van der Waals surface area (Å²) in [4.78, 5) is 21.0. The van der Waals surface area contributed by atoms with Crippen LogP contribution in [0.5, 0.6) is 11.5 Å². The van der Waals surface area contributed by atoms with E-state index in [9.17, 15) is 4.79 Å². The van der Waals surface area contributed by atoms with Crippen LogP contribution in [-0.4, -0.2) is 25.5 Å². The van der Waals surface area contributed by atoms with Gasteiger partial charge in [-0.3, -0.25) is 4.79 Å². The molecule has 27 heavy (non-hydrogen) atoms. The standard InChI is InChI=1S/C20H17N5O2/c1-13-11-14(2)25-20(21-13)23-18(24-25)19(26)22-15-7-6-10-17(12-15)27-16-8-4-3-5-9-16/h3-12H,1-2H3,(H,22,26). The molecule has 0 saturated carbocycles. The molecule has 4 rings (SSSR count). The van der Waals surface area contributed by atoms with Crippen LogP contribution < -0.4 is 10.1 Å². The molecule has 1 amide bonds. The average Bonchev–Trinajstić information content (AvgIpc) is 3.07. The zero-order valence-electron chi connectivity index (χ0n) is 14.9. The second-order valence-corrected chi connectivity index (χ2v) is 6.08. The molecule has 0 unspecified atom stereocenters. The van der Waals surface area contributed by atoms with Gasteiger partial charge in [-0.2, -0.15) is 4.98 Å². The van der Waals surface area contributed by atoms with E-state index in [1.807, 2.05) is 56.3 Å². The number of rotatable bonds is 4. The Morgan fingerprint density at radius 1 is 0.963 bits per heavy atom. The molecular formula is C20H17N5O2. The average molecular weight is 359 g/mol. The number of aryl methyl sites for hydroxylation is 2. The number of benzene rings is 2. The lowest BCUT2D eigenvalue weighted by Crippen LogP contribution is -2.14. The third kappa shape index (κ3) is 3.62. The van der Waals surface area contributed by atoms with Gasteiger partial charge in [-0.1, -0.05) is 24.3 Å². The Morgan fingerprint density at radius 2 is 1.74 bits per heavy atom. The minimum atomic E-state index is -0.408. The van der Waals surface area contributed by atoms with Crippen molar-refractivity contribution in [3.63, 3.8) is 0 Å². The molecule has 7 heteroatoms. The second-order valence-electron chi connectivity index (χ2n) is 6.08. The summed E-state index contributed by atoms with van der Waals surface area (Å²) in [5, 5.41) is 7.03. The highest BCUT2D eigenvalue weighted by molar-refractivity contribution is 6.01. The Morgan fingerprint density at radius 3 is 2.56 bits per heavy atom. The number of carbonyl (C=O) groups is 1. The molecule has 4 aromatic rings. The van der Waals surface area contributed by atoms with E-state index >= 15 is 0 Å². The Labute approximate surface area is 155 Å². The molecule has 0 atom stereocenters. The number of aromatic nitrogens is 4. The van der Waals surface area contributed by atoms with Gasteiger partial charge in [0, 0.05) is 23.1 Å². The van der Waals surface area contributed by atoms with E-state index in [0.29, 0.717) is 17.2 Å². The van der Waals surface area contributed by atoms with Crippen LogP contribution in [0.4, 0.5) is 5.69 Å². The maximum atomic E-state index is 12.5. The van der Waals surface area contributed by atoms with Crippen molar-refractivity contribution in [1.82, 2.24) is 19.6 Å². The first-order chi connectivity index (χ1) is 13.1. The fraction of sp³-hybridized carbons (Fsp3) is 0.100. The lowest BCUT2D eigenvalue weighted by molar-refractivity contribution is 0.101. The largest absolute Gasteiger partial charge is 0.457 e. The maximum Gasteiger partial charge on any atom is 0.295 e. The summed E-state index contributed by atoms with van der Waals surface area (Å²) < 4.78 is 7.34. The van der Waals surface area contributed by atoms with E-state index in [1.165, 1.54) is 0 Å². The molecule has 2 heterocycles. The van der Waals surface area contributed by atoms with Crippen LogP contribution in [0.3, 0.4) is 0 Å². The van der Waals surface area contributed by atoms with Crippen molar-refractivity contribution in [3.05, 3.63) is 77.9 Å². The normalized spacial score (nSPS) is 10.7. The molecule has 0 aliphatic carbocycles. The van der Waals surface area contributed by atoms with Crippen molar-refractivity contribution in [2.24, 2.45) is 0 Å². The number of carbonyl (C=O) groups excluding carboxylic acids is 1. The molecule has 2 aromatic heterocycles.